The third-order valence-corrected chi connectivity index (χ3v) is 5.22. The first-order valence-electron chi connectivity index (χ1n) is 11.4. The number of aromatic nitrogens is 1. The van der Waals surface area contributed by atoms with Crippen LogP contribution in [0.3, 0.4) is 0 Å². The molecule has 0 spiro atoms. The first-order valence-corrected chi connectivity index (χ1v) is 11.4. The van der Waals surface area contributed by atoms with Gasteiger partial charge in [-0.05, 0) is 30.9 Å². The van der Waals surface area contributed by atoms with Gasteiger partial charge >= 0.3 is 36.4 Å². The molecule has 18 heteroatoms. The maximum atomic E-state index is 10.6. The van der Waals surface area contributed by atoms with Crippen LogP contribution in [0.2, 0.25) is 0 Å². The molecule has 0 saturated carbocycles. The molecular formula is C22H28F9N3O6. The highest BCUT2D eigenvalue weighted by Crippen LogP contribution is 2.32. The van der Waals surface area contributed by atoms with Gasteiger partial charge in [-0.15, -0.1) is 0 Å². The molecule has 3 heterocycles. The summed E-state index contributed by atoms with van der Waals surface area (Å²) in [6.07, 6.45) is -10.7. The Morgan fingerprint density at radius 1 is 0.800 bits per heavy atom. The third kappa shape index (κ3) is 14.3. The average molecular weight is 601 g/mol. The number of aliphatic carboxylic acids is 3. The number of pyridine rings is 1. The van der Waals surface area contributed by atoms with Gasteiger partial charge in [-0.2, -0.15) is 39.5 Å². The molecule has 9 nitrogen and oxygen atoms in total. The number of halogens is 9. The Morgan fingerprint density at radius 2 is 1.18 bits per heavy atom. The predicted molar refractivity (Wildman–Crippen MR) is 119 cm³/mol. The van der Waals surface area contributed by atoms with Crippen LogP contribution in [-0.2, 0) is 20.9 Å². The number of carboxylic acid groups (broad SMARTS) is 3. The van der Waals surface area contributed by atoms with Gasteiger partial charge in [0.05, 0.1) is 5.69 Å². The number of rotatable bonds is 4. The lowest BCUT2D eigenvalue weighted by atomic mass is 10.1. The average Bonchev–Trinajstić information content (AvgIpc) is 3.37. The molecule has 2 atom stereocenters. The summed E-state index contributed by atoms with van der Waals surface area (Å²) in [6.45, 7) is 9.46. The standard InChI is InChI=1S/C16H25N3.3C2HF3O2/c1-13(2)11-18-9-6-16-15(18)7-10-19(16)12-14-5-3-4-8-17-14;3*3-2(4,5)1(6)7/h3-5,8,13,15-16H,6-7,9-12H2,1-2H3;3*(H,6,7)/t15-,16+;;;/m0.../s1. The smallest absolute Gasteiger partial charge is 0.475 e. The Hall–Kier alpha value is -3.15. The molecule has 230 valence electrons. The SMILES string of the molecule is CC(C)CN1CC[C@@H]2[C@@H]1CCN2Cc1ccccn1.O=C(O)C(F)(F)F.O=C(O)C(F)(F)F.O=C(O)C(F)(F)F. The molecule has 1 aromatic heterocycles. The molecule has 0 aliphatic carbocycles. The monoisotopic (exact) mass is 601 g/mol. The highest BCUT2D eigenvalue weighted by atomic mass is 19.4. The summed E-state index contributed by atoms with van der Waals surface area (Å²) in [7, 11) is 0. The van der Waals surface area contributed by atoms with E-state index < -0.39 is 36.4 Å². The van der Waals surface area contributed by atoms with E-state index >= 15 is 0 Å². The van der Waals surface area contributed by atoms with Crippen molar-refractivity contribution in [3.05, 3.63) is 30.1 Å². The van der Waals surface area contributed by atoms with E-state index in [4.69, 9.17) is 29.7 Å². The van der Waals surface area contributed by atoms with Crippen LogP contribution in [0, 0.1) is 5.92 Å². The van der Waals surface area contributed by atoms with Crippen molar-refractivity contribution in [2.75, 3.05) is 19.6 Å². The van der Waals surface area contributed by atoms with Crippen LogP contribution in [0.4, 0.5) is 39.5 Å². The molecule has 40 heavy (non-hydrogen) atoms. The Balaban J connectivity index is 0.000000603. The van der Waals surface area contributed by atoms with Crippen molar-refractivity contribution in [2.24, 2.45) is 5.92 Å². The van der Waals surface area contributed by atoms with Gasteiger partial charge in [0, 0.05) is 44.5 Å². The van der Waals surface area contributed by atoms with Gasteiger partial charge in [0.1, 0.15) is 0 Å². The summed E-state index contributed by atoms with van der Waals surface area (Å²) >= 11 is 0. The van der Waals surface area contributed by atoms with Gasteiger partial charge in [-0.25, -0.2) is 14.4 Å². The minimum atomic E-state index is -5.08. The van der Waals surface area contributed by atoms with Gasteiger partial charge in [0.25, 0.3) is 0 Å². The molecule has 0 amide bonds. The van der Waals surface area contributed by atoms with E-state index in [1.54, 1.807) is 0 Å². The molecule has 3 N–H and O–H groups in total. The molecule has 2 saturated heterocycles. The van der Waals surface area contributed by atoms with Crippen molar-refractivity contribution in [3.8, 4) is 0 Å². The number of hydrogen-bond acceptors (Lipinski definition) is 6. The Morgan fingerprint density at radius 3 is 1.50 bits per heavy atom. The van der Waals surface area contributed by atoms with Crippen LogP contribution < -0.4 is 0 Å². The predicted octanol–water partition coefficient (Wildman–Crippen LogP) is 4.29. The molecule has 0 bridgehead atoms. The Bertz CT molecular complexity index is 884. The Labute approximate surface area is 222 Å². The van der Waals surface area contributed by atoms with E-state index in [9.17, 15) is 39.5 Å². The summed E-state index contributed by atoms with van der Waals surface area (Å²) in [5.74, 6) is -7.49. The molecular weight excluding hydrogens is 573 g/mol. The van der Waals surface area contributed by atoms with E-state index in [-0.39, 0.29) is 0 Å². The van der Waals surface area contributed by atoms with Crippen LogP contribution in [0.25, 0.3) is 0 Å². The Kier molecular flexibility index (Phi) is 14.4. The fraction of sp³-hybridized carbons (Fsp3) is 0.636. The zero-order valence-corrected chi connectivity index (χ0v) is 21.1. The van der Waals surface area contributed by atoms with Crippen LogP contribution in [0.1, 0.15) is 32.4 Å². The topological polar surface area (TPSA) is 131 Å². The van der Waals surface area contributed by atoms with E-state index in [2.05, 4.69) is 40.8 Å². The fourth-order valence-corrected chi connectivity index (χ4v) is 3.76. The highest BCUT2D eigenvalue weighted by molar-refractivity contribution is 5.73. The summed E-state index contributed by atoms with van der Waals surface area (Å²) in [5.41, 5.74) is 1.21. The van der Waals surface area contributed by atoms with Crippen molar-refractivity contribution in [2.45, 2.75) is 63.8 Å². The first kappa shape index (κ1) is 36.8. The minimum Gasteiger partial charge on any atom is -0.475 e. The van der Waals surface area contributed by atoms with Crippen LogP contribution in [0.5, 0.6) is 0 Å². The molecule has 3 rings (SSSR count). The fourth-order valence-electron chi connectivity index (χ4n) is 3.76. The lowest BCUT2D eigenvalue weighted by Gasteiger charge is -2.26. The number of carboxylic acids is 3. The highest BCUT2D eigenvalue weighted by Gasteiger charge is 2.42. The van der Waals surface area contributed by atoms with E-state index in [0.29, 0.717) is 0 Å². The molecule has 0 unspecified atom stereocenters. The lowest BCUT2D eigenvalue weighted by molar-refractivity contribution is -0.193. The summed E-state index contributed by atoms with van der Waals surface area (Å²) in [6, 6.07) is 7.80. The number of alkyl halides is 9. The van der Waals surface area contributed by atoms with Gasteiger partial charge in [-0.3, -0.25) is 14.8 Å². The van der Waals surface area contributed by atoms with Gasteiger partial charge < -0.3 is 15.3 Å². The minimum absolute atomic E-state index is 0.765. The van der Waals surface area contributed by atoms with Crippen molar-refractivity contribution >= 4 is 17.9 Å². The second-order valence-electron chi connectivity index (χ2n) is 8.80. The second-order valence-corrected chi connectivity index (χ2v) is 8.80. The van der Waals surface area contributed by atoms with Gasteiger partial charge in [-0.1, -0.05) is 19.9 Å². The van der Waals surface area contributed by atoms with E-state index in [1.807, 2.05) is 12.3 Å². The van der Waals surface area contributed by atoms with Crippen LogP contribution in [-0.4, -0.2) is 98.3 Å². The van der Waals surface area contributed by atoms with E-state index in [1.165, 1.54) is 38.2 Å². The molecule has 2 fully saturated rings. The molecule has 0 aromatic carbocycles. The summed E-state index contributed by atoms with van der Waals surface area (Å²) in [4.78, 5) is 36.5. The normalized spacial score (nSPS) is 19.3. The molecule has 0 radical (unpaired) electrons. The summed E-state index contributed by atoms with van der Waals surface area (Å²) in [5, 5.41) is 21.4. The van der Waals surface area contributed by atoms with Crippen LogP contribution in [0.15, 0.2) is 24.4 Å². The molecule has 2 aliphatic rings. The van der Waals surface area contributed by atoms with Crippen molar-refractivity contribution in [1.29, 1.82) is 0 Å². The second kappa shape index (κ2) is 15.6. The number of carbonyl (C=O) groups is 3. The van der Waals surface area contributed by atoms with E-state index in [0.717, 1.165) is 24.5 Å². The maximum absolute atomic E-state index is 10.6. The number of nitrogens with zero attached hydrogens (tertiary/aromatic N) is 3. The lowest BCUT2D eigenvalue weighted by Crippen LogP contribution is -2.37. The number of fused-ring (bicyclic) bond motifs is 1. The first-order chi connectivity index (χ1) is 18.1. The zero-order chi connectivity index (χ0) is 31.5. The zero-order valence-electron chi connectivity index (χ0n) is 21.1. The maximum Gasteiger partial charge on any atom is 0.490 e. The summed E-state index contributed by atoms with van der Waals surface area (Å²) < 4.78 is 95.2. The van der Waals surface area contributed by atoms with Crippen molar-refractivity contribution in [1.82, 2.24) is 14.8 Å². The third-order valence-electron chi connectivity index (χ3n) is 5.22. The van der Waals surface area contributed by atoms with Crippen molar-refractivity contribution in [3.63, 3.8) is 0 Å². The molecule has 2 aliphatic heterocycles. The van der Waals surface area contributed by atoms with Gasteiger partial charge in [0.2, 0.25) is 0 Å². The van der Waals surface area contributed by atoms with Crippen molar-refractivity contribution < 1.29 is 69.2 Å². The largest absolute Gasteiger partial charge is 0.490 e. The number of likely N-dealkylation sites (tertiary alicyclic amines) is 2. The molecule has 1 aromatic rings. The number of hydrogen-bond donors (Lipinski definition) is 3. The quantitative estimate of drug-likeness (QED) is 0.433. The van der Waals surface area contributed by atoms with Crippen LogP contribution >= 0.6 is 0 Å². The van der Waals surface area contributed by atoms with Gasteiger partial charge in [0.15, 0.2) is 0 Å².